The van der Waals surface area contributed by atoms with Crippen LogP contribution in [0.4, 0.5) is 0 Å². The molecule has 2 N–H and O–H groups in total. The monoisotopic (exact) mass is 233 g/mol. The van der Waals surface area contributed by atoms with Crippen molar-refractivity contribution in [3.63, 3.8) is 0 Å². The number of aromatic nitrogens is 2. The zero-order valence-electron chi connectivity index (χ0n) is 10.8. The maximum absolute atomic E-state index is 6.29. The first-order valence-corrected chi connectivity index (χ1v) is 5.86. The predicted octanol–water partition coefficient (Wildman–Crippen LogP) is 2.72. The molecule has 0 aliphatic carbocycles. The van der Waals surface area contributed by atoms with Gasteiger partial charge in [-0.1, -0.05) is 0 Å². The Hall–Kier alpha value is -1.55. The molecule has 17 heavy (non-hydrogen) atoms. The number of rotatable bonds is 3. The maximum atomic E-state index is 6.29. The smallest absolute Gasteiger partial charge is 0.106 e. The molecule has 0 fully saturated rings. The quantitative estimate of drug-likeness (QED) is 0.886. The zero-order valence-corrected chi connectivity index (χ0v) is 10.8. The fourth-order valence-electron chi connectivity index (χ4n) is 2.12. The van der Waals surface area contributed by atoms with E-state index >= 15 is 0 Å². The highest BCUT2D eigenvalue weighted by Crippen LogP contribution is 2.26. The summed E-state index contributed by atoms with van der Waals surface area (Å²) in [5.74, 6) is 1.77. The van der Waals surface area contributed by atoms with Crippen LogP contribution < -0.4 is 5.73 Å². The molecule has 1 atom stereocenters. The number of aryl methyl sites for hydroxylation is 2. The average molecular weight is 233 g/mol. The Morgan fingerprint density at radius 1 is 1.35 bits per heavy atom. The summed E-state index contributed by atoms with van der Waals surface area (Å²) in [6.45, 7) is 8.06. The lowest BCUT2D eigenvalue weighted by molar-refractivity contribution is 0.486. The lowest BCUT2D eigenvalue weighted by atomic mass is 10.1. The minimum atomic E-state index is -0.183. The van der Waals surface area contributed by atoms with Crippen LogP contribution in [-0.2, 0) is 0 Å². The number of hydrogen-bond acceptors (Lipinski definition) is 3. The van der Waals surface area contributed by atoms with Crippen LogP contribution in [0.5, 0.6) is 0 Å². The highest BCUT2D eigenvalue weighted by atomic mass is 16.3. The van der Waals surface area contributed by atoms with E-state index in [-0.39, 0.29) is 6.04 Å². The van der Waals surface area contributed by atoms with E-state index < -0.39 is 0 Å². The average Bonchev–Trinajstić information content (AvgIpc) is 2.83. The van der Waals surface area contributed by atoms with Crippen molar-refractivity contribution in [1.29, 1.82) is 0 Å². The van der Waals surface area contributed by atoms with Crippen LogP contribution in [0.25, 0.3) is 0 Å². The van der Waals surface area contributed by atoms with Crippen LogP contribution in [0.1, 0.15) is 48.7 Å². The van der Waals surface area contributed by atoms with Crippen molar-refractivity contribution in [2.75, 3.05) is 0 Å². The van der Waals surface area contributed by atoms with Crippen molar-refractivity contribution in [2.24, 2.45) is 5.73 Å². The van der Waals surface area contributed by atoms with Gasteiger partial charge in [0.1, 0.15) is 11.5 Å². The molecule has 4 nitrogen and oxygen atoms in total. The first kappa shape index (κ1) is 11.9. The number of furan rings is 1. The van der Waals surface area contributed by atoms with E-state index in [1.165, 1.54) is 0 Å². The van der Waals surface area contributed by atoms with Crippen molar-refractivity contribution < 1.29 is 4.42 Å². The third kappa shape index (κ3) is 2.13. The fraction of sp³-hybridized carbons (Fsp3) is 0.462. The second-order valence-corrected chi connectivity index (χ2v) is 4.64. The summed E-state index contributed by atoms with van der Waals surface area (Å²) < 4.78 is 7.48. The van der Waals surface area contributed by atoms with Gasteiger partial charge in [0.25, 0.3) is 0 Å². The van der Waals surface area contributed by atoms with Crippen LogP contribution in [0.2, 0.25) is 0 Å². The summed E-state index contributed by atoms with van der Waals surface area (Å²) in [6.07, 6.45) is 1.79. The minimum absolute atomic E-state index is 0.183. The first-order valence-electron chi connectivity index (χ1n) is 5.86. The Labute approximate surface area is 101 Å². The van der Waals surface area contributed by atoms with Gasteiger partial charge in [-0.25, -0.2) is 0 Å². The third-order valence-electron chi connectivity index (χ3n) is 2.92. The summed E-state index contributed by atoms with van der Waals surface area (Å²) in [6, 6.07) is 4.08. The Balaban J connectivity index is 2.40. The number of hydrogen-bond donors (Lipinski definition) is 1. The van der Waals surface area contributed by atoms with Crippen molar-refractivity contribution in [3.8, 4) is 0 Å². The third-order valence-corrected chi connectivity index (χ3v) is 2.92. The number of nitrogens with zero attached hydrogens (tertiary/aromatic N) is 2. The van der Waals surface area contributed by atoms with Gasteiger partial charge in [0.05, 0.1) is 11.7 Å². The van der Waals surface area contributed by atoms with Gasteiger partial charge in [-0.3, -0.25) is 4.68 Å². The van der Waals surface area contributed by atoms with Crippen LogP contribution >= 0.6 is 0 Å². The molecule has 0 saturated carbocycles. The van der Waals surface area contributed by atoms with Gasteiger partial charge < -0.3 is 10.2 Å². The molecular weight excluding hydrogens is 214 g/mol. The van der Waals surface area contributed by atoms with Gasteiger partial charge in [-0.2, -0.15) is 5.10 Å². The van der Waals surface area contributed by atoms with Gasteiger partial charge in [0.2, 0.25) is 0 Å². The Morgan fingerprint density at radius 3 is 2.59 bits per heavy atom. The molecule has 4 heteroatoms. The van der Waals surface area contributed by atoms with Crippen molar-refractivity contribution in [2.45, 2.75) is 39.8 Å². The largest absolute Gasteiger partial charge is 0.466 e. The molecule has 0 saturated heterocycles. The Bertz CT molecular complexity index is 510. The van der Waals surface area contributed by atoms with E-state index in [0.717, 1.165) is 22.8 Å². The molecule has 92 valence electrons. The molecule has 0 aliphatic heterocycles. The van der Waals surface area contributed by atoms with Crippen molar-refractivity contribution in [3.05, 3.63) is 41.1 Å². The highest BCUT2D eigenvalue weighted by Gasteiger charge is 2.19. The van der Waals surface area contributed by atoms with Crippen LogP contribution in [-0.4, -0.2) is 9.78 Å². The predicted molar refractivity (Wildman–Crippen MR) is 66.8 cm³/mol. The van der Waals surface area contributed by atoms with Crippen LogP contribution in [0.3, 0.4) is 0 Å². The second-order valence-electron chi connectivity index (χ2n) is 4.64. The maximum Gasteiger partial charge on any atom is 0.106 e. The molecule has 0 aliphatic rings. The molecular formula is C13H19N3O. The minimum Gasteiger partial charge on any atom is -0.466 e. The molecule has 2 rings (SSSR count). The molecule has 0 amide bonds. The zero-order chi connectivity index (χ0) is 12.6. The molecule has 2 heterocycles. The molecule has 0 bridgehead atoms. The number of nitrogens with two attached hydrogens (primary N) is 1. The van der Waals surface area contributed by atoms with E-state index in [1.54, 1.807) is 6.20 Å². The summed E-state index contributed by atoms with van der Waals surface area (Å²) in [4.78, 5) is 0. The summed E-state index contributed by atoms with van der Waals surface area (Å²) in [5, 5.41) is 4.30. The second kappa shape index (κ2) is 4.37. The molecule has 0 radical (unpaired) electrons. The van der Waals surface area contributed by atoms with Gasteiger partial charge in [0.15, 0.2) is 0 Å². The molecule has 2 aromatic rings. The first-order chi connectivity index (χ1) is 8.00. The van der Waals surface area contributed by atoms with Gasteiger partial charge in [-0.05, 0) is 39.8 Å². The lowest BCUT2D eigenvalue weighted by Gasteiger charge is -2.16. The van der Waals surface area contributed by atoms with Crippen molar-refractivity contribution >= 4 is 0 Å². The normalized spacial score (nSPS) is 13.3. The van der Waals surface area contributed by atoms with Crippen molar-refractivity contribution in [1.82, 2.24) is 9.78 Å². The molecule has 0 spiro atoms. The SMILES string of the molecule is Cc1cc(C(N)c2ccnn2C(C)C)c(C)o1. The van der Waals surface area contributed by atoms with E-state index in [9.17, 15) is 0 Å². The van der Waals surface area contributed by atoms with Crippen LogP contribution in [0, 0.1) is 13.8 Å². The highest BCUT2D eigenvalue weighted by molar-refractivity contribution is 5.30. The fourth-order valence-corrected chi connectivity index (χ4v) is 2.12. The van der Waals surface area contributed by atoms with Crippen LogP contribution in [0.15, 0.2) is 22.7 Å². The molecule has 2 aromatic heterocycles. The Kier molecular flexibility index (Phi) is 3.07. The van der Waals surface area contributed by atoms with Gasteiger partial charge in [-0.15, -0.1) is 0 Å². The van der Waals surface area contributed by atoms with E-state index in [2.05, 4.69) is 18.9 Å². The summed E-state index contributed by atoms with van der Waals surface area (Å²) >= 11 is 0. The van der Waals surface area contributed by atoms with Gasteiger partial charge >= 0.3 is 0 Å². The summed E-state index contributed by atoms with van der Waals surface area (Å²) in [7, 11) is 0. The van der Waals surface area contributed by atoms with Gasteiger partial charge in [0, 0.05) is 17.8 Å². The standard InChI is InChI=1S/C13H19N3O/c1-8(2)16-12(5-6-15-16)13(14)11-7-9(3)17-10(11)4/h5-8,13H,14H2,1-4H3. The summed E-state index contributed by atoms with van der Waals surface area (Å²) in [5.41, 5.74) is 8.34. The topological polar surface area (TPSA) is 57.0 Å². The van der Waals surface area contributed by atoms with E-state index in [4.69, 9.17) is 10.2 Å². The molecule has 0 aromatic carbocycles. The lowest BCUT2D eigenvalue weighted by Crippen LogP contribution is -2.18. The van der Waals surface area contributed by atoms with E-state index in [0.29, 0.717) is 6.04 Å². The Morgan fingerprint density at radius 2 is 2.06 bits per heavy atom. The van der Waals surface area contributed by atoms with E-state index in [1.807, 2.05) is 30.7 Å². The molecule has 1 unspecified atom stereocenters.